The number of carbonyl (C=O) groups excluding carboxylic acids is 1. The maximum atomic E-state index is 11.8. The molecule has 100 valence electrons. The zero-order valence-electron chi connectivity index (χ0n) is 11.0. The molecule has 2 N–H and O–H groups in total. The molecule has 1 aromatic heterocycles. The van der Waals surface area contributed by atoms with Gasteiger partial charge in [-0.1, -0.05) is 15.9 Å². The molecule has 0 radical (unpaired) electrons. The van der Waals surface area contributed by atoms with E-state index in [-0.39, 0.29) is 6.03 Å². The Labute approximate surface area is 120 Å². The van der Waals surface area contributed by atoms with Crippen LogP contribution in [0.15, 0.2) is 28.7 Å². The first-order valence-electron chi connectivity index (χ1n) is 5.80. The van der Waals surface area contributed by atoms with E-state index >= 15 is 0 Å². The van der Waals surface area contributed by atoms with Gasteiger partial charge in [0.15, 0.2) is 5.82 Å². The number of nitrogens with one attached hydrogen (secondary N) is 2. The highest BCUT2D eigenvalue weighted by molar-refractivity contribution is 9.10. The fourth-order valence-electron chi connectivity index (χ4n) is 1.62. The van der Waals surface area contributed by atoms with Gasteiger partial charge in [0.2, 0.25) is 0 Å². The lowest BCUT2D eigenvalue weighted by atomic mass is 10.2. The number of hydrogen-bond donors (Lipinski definition) is 2. The van der Waals surface area contributed by atoms with E-state index in [1.54, 1.807) is 4.68 Å². The van der Waals surface area contributed by atoms with Crippen LogP contribution < -0.4 is 10.6 Å². The molecule has 0 bridgehead atoms. The van der Waals surface area contributed by atoms with E-state index in [0.717, 1.165) is 21.4 Å². The van der Waals surface area contributed by atoms with Gasteiger partial charge in [-0.15, -0.1) is 0 Å². The molecular weight excluding hydrogens is 308 g/mol. The van der Waals surface area contributed by atoms with Crippen LogP contribution in [0.5, 0.6) is 0 Å². The van der Waals surface area contributed by atoms with Crippen LogP contribution >= 0.6 is 15.9 Å². The minimum Gasteiger partial charge on any atom is -0.308 e. The van der Waals surface area contributed by atoms with Crippen molar-refractivity contribution in [2.45, 2.75) is 13.8 Å². The summed E-state index contributed by atoms with van der Waals surface area (Å²) in [5.74, 6) is 0.534. The molecule has 0 spiro atoms. The summed E-state index contributed by atoms with van der Waals surface area (Å²) in [6.07, 6.45) is 0. The molecule has 0 unspecified atom stereocenters. The maximum absolute atomic E-state index is 11.8. The van der Waals surface area contributed by atoms with Crippen LogP contribution in [0, 0.1) is 13.8 Å². The van der Waals surface area contributed by atoms with Crippen molar-refractivity contribution in [3.05, 3.63) is 40.0 Å². The van der Waals surface area contributed by atoms with Gasteiger partial charge in [0, 0.05) is 29.0 Å². The number of rotatable bonds is 2. The maximum Gasteiger partial charge on any atom is 0.324 e. The van der Waals surface area contributed by atoms with E-state index in [4.69, 9.17) is 0 Å². The van der Waals surface area contributed by atoms with Crippen molar-refractivity contribution in [3.8, 4) is 0 Å². The SMILES string of the molecule is Cc1cc(NC(=O)Nc2cc(C)n(C)n2)ccc1Br. The van der Waals surface area contributed by atoms with E-state index in [2.05, 4.69) is 31.7 Å². The van der Waals surface area contributed by atoms with Crippen LogP contribution in [-0.2, 0) is 7.05 Å². The number of benzene rings is 1. The highest BCUT2D eigenvalue weighted by atomic mass is 79.9. The number of amides is 2. The average Bonchev–Trinajstić information content (AvgIpc) is 2.63. The first-order valence-corrected chi connectivity index (χ1v) is 6.60. The van der Waals surface area contributed by atoms with Crippen molar-refractivity contribution >= 4 is 33.5 Å². The van der Waals surface area contributed by atoms with Crippen LogP contribution in [0.4, 0.5) is 16.3 Å². The van der Waals surface area contributed by atoms with E-state index in [9.17, 15) is 4.79 Å². The standard InChI is InChI=1S/C13H15BrN4O/c1-8-6-10(4-5-11(8)14)15-13(19)16-12-7-9(2)18(3)17-12/h4-7H,1-3H3,(H2,15,16,17,19). The largest absolute Gasteiger partial charge is 0.324 e. The Hall–Kier alpha value is -1.82. The Morgan fingerprint density at radius 2 is 2.00 bits per heavy atom. The minimum atomic E-state index is -0.306. The molecule has 0 atom stereocenters. The Balaban J connectivity index is 2.03. The first-order chi connectivity index (χ1) is 8.95. The van der Waals surface area contributed by atoms with Crippen molar-refractivity contribution < 1.29 is 4.79 Å². The summed E-state index contributed by atoms with van der Waals surface area (Å²) >= 11 is 3.42. The third-order valence-electron chi connectivity index (χ3n) is 2.77. The number of hydrogen-bond acceptors (Lipinski definition) is 2. The summed E-state index contributed by atoms with van der Waals surface area (Å²) in [5.41, 5.74) is 2.78. The van der Waals surface area contributed by atoms with Gasteiger partial charge in [-0.3, -0.25) is 10.00 Å². The molecule has 2 rings (SSSR count). The molecule has 2 aromatic rings. The van der Waals surface area contributed by atoms with Gasteiger partial charge in [-0.25, -0.2) is 4.79 Å². The number of halogens is 1. The van der Waals surface area contributed by atoms with E-state index < -0.39 is 0 Å². The van der Waals surface area contributed by atoms with Crippen molar-refractivity contribution in [2.24, 2.45) is 7.05 Å². The summed E-state index contributed by atoms with van der Waals surface area (Å²) in [4.78, 5) is 11.8. The molecule has 0 aliphatic heterocycles. The van der Waals surface area contributed by atoms with Gasteiger partial charge in [-0.2, -0.15) is 5.10 Å². The molecule has 0 aliphatic carbocycles. The van der Waals surface area contributed by atoms with Crippen molar-refractivity contribution in [1.29, 1.82) is 0 Å². The molecule has 19 heavy (non-hydrogen) atoms. The number of aryl methyl sites for hydroxylation is 3. The van der Waals surface area contributed by atoms with E-state index in [1.807, 2.05) is 45.2 Å². The van der Waals surface area contributed by atoms with Gasteiger partial charge < -0.3 is 5.32 Å². The lowest BCUT2D eigenvalue weighted by Crippen LogP contribution is -2.19. The summed E-state index contributed by atoms with van der Waals surface area (Å²) < 4.78 is 2.72. The molecular formula is C13H15BrN4O. The minimum absolute atomic E-state index is 0.306. The normalized spacial score (nSPS) is 10.3. The Kier molecular flexibility index (Phi) is 3.90. The van der Waals surface area contributed by atoms with Gasteiger partial charge in [-0.05, 0) is 37.6 Å². The van der Waals surface area contributed by atoms with Crippen LogP contribution in [0.3, 0.4) is 0 Å². The molecule has 0 saturated heterocycles. The summed E-state index contributed by atoms with van der Waals surface area (Å²) in [7, 11) is 1.83. The van der Waals surface area contributed by atoms with Crippen molar-refractivity contribution in [2.75, 3.05) is 10.6 Å². The molecule has 0 fully saturated rings. The van der Waals surface area contributed by atoms with Crippen LogP contribution in [-0.4, -0.2) is 15.8 Å². The molecule has 2 amide bonds. The number of anilines is 2. The lowest BCUT2D eigenvalue weighted by Gasteiger charge is -2.07. The van der Waals surface area contributed by atoms with Crippen LogP contribution in [0.1, 0.15) is 11.3 Å². The van der Waals surface area contributed by atoms with E-state index in [0.29, 0.717) is 5.82 Å². The molecule has 0 saturated carbocycles. The van der Waals surface area contributed by atoms with Gasteiger partial charge in [0.05, 0.1) is 0 Å². The fraction of sp³-hybridized carbons (Fsp3) is 0.231. The predicted molar refractivity (Wildman–Crippen MR) is 79.5 cm³/mol. The summed E-state index contributed by atoms with van der Waals surface area (Å²) in [6.45, 7) is 3.89. The fourth-order valence-corrected chi connectivity index (χ4v) is 1.87. The molecule has 6 heteroatoms. The Morgan fingerprint density at radius 3 is 2.58 bits per heavy atom. The second kappa shape index (κ2) is 5.44. The zero-order chi connectivity index (χ0) is 14.0. The Morgan fingerprint density at radius 1 is 1.26 bits per heavy atom. The summed E-state index contributed by atoms with van der Waals surface area (Å²) in [6, 6.07) is 7.13. The third kappa shape index (κ3) is 3.35. The highest BCUT2D eigenvalue weighted by Crippen LogP contribution is 2.20. The van der Waals surface area contributed by atoms with E-state index in [1.165, 1.54) is 0 Å². The second-order valence-corrected chi connectivity index (χ2v) is 5.19. The predicted octanol–water partition coefficient (Wildman–Crippen LogP) is 3.44. The number of urea groups is 1. The summed E-state index contributed by atoms with van der Waals surface area (Å²) in [5, 5.41) is 9.62. The van der Waals surface area contributed by atoms with Gasteiger partial charge in [0.25, 0.3) is 0 Å². The van der Waals surface area contributed by atoms with Gasteiger partial charge in [0.1, 0.15) is 0 Å². The van der Waals surface area contributed by atoms with Crippen molar-refractivity contribution in [1.82, 2.24) is 9.78 Å². The highest BCUT2D eigenvalue weighted by Gasteiger charge is 2.07. The van der Waals surface area contributed by atoms with Gasteiger partial charge >= 0.3 is 6.03 Å². The lowest BCUT2D eigenvalue weighted by molar-refractivity contribution is 0.262. The first kappa shape index (κ1) is 13.6. The Bertz CT molecular complexity index is 602. The second-order valence-electron chi connectivity index (χ2n) is 4.34. The number of carbonyl (C=O) groups is 1. The average molecular weight is 323 g/mol. The molecule has 1 aromatic carbocycles. The van der Waals surface area contributed by atoms with Crippen molar-refractivity contribution in [3.63, 3.8) is 0 Å². The number of aromatic nitrogens is 2. The molecule has 0 aliphatic rings. The van der Waals surface area contributed by atoms with Crippen LogP contribution in [0.2, 0.25) is 0 Å². The third-order valence-corrected chi connectivity index (χ3v) is 3.66. The molecule has 1 heterocycles. The van der Waals surface area contributed by atoms with Crippen LogP contribution in [0.25, 0.3) is 0 Å². The smallest absolute Gasteiger partial charge is 0.308 e. The zero-order valence-corrected chi connectivity index (χ0v) is 12.6. The quantitative estimate of drug-likeness (QED) is 0.889. The topological polar surface area (TPSA) is 59.0 Å². The monoisotopic (exact) mass is 322 g/mol. The number of nitrogens with zero attached hydrogens (tertiary/aromatic N) is 2. The molecule has 5 nitrogen and oxygen atoms in total.